The van der Waals surface area contributed by atoms with E-state index in [1.54, 1.807) is 12.4 Å². The maximum atomic E-state index is 12.6. The number of carbonyl (C=O) groups is 1. The standard InChI is InChI=1S/C13H19N3O/c1-2-4-13(5-3-6-14-9-13)12(17)11-7-15-10-16-8-11/h7-8,10,14H,2-6,9H2,1H3. The molecule has 1 saturated heterocycles. The molecule has 1 unspecified atom stereocenters. The molecule has 4 heteroatoms. The molecular weight excluding hydrogens is 214 g/mol. The van der Waals surface area contributed by atoms with Gasteiger partial charge in [0.15, 0.2) is 5.78 Å². The molecule has 1 aromatic rings. The summed E-state index contributed by atoms with van der Waals surface area (Å²) in [5.41, 5.74) is 0.405. The van der Waals surface area contributed by atoms with Crippen molar-refractivity contribution in [1.82, 2.24) is 15.3 Å². The molecule has 1 aliphatic rings. The van der Waals surface area contributed by atoms with Crippen LogP contribution in [0.3, 0.4) is 0 Å². The summed E-state index contributed by atoms with van der Waals surface area (Å²) in [6.45, 7) is 3.93. The van der Waals surface area contributed by atoms with E-state index in [4.69, 9.17) is 0 Å². The Morgan fingerprint density at radius 2 is 2.24 bits per heavy atom. The Balaban J connectivity index is 2.24. The molecule has 1 N–H and O–H groups in total. The predicted octanol–water partition coefficient (Wildman–Crippen LogP) is 1.83. The smallest absolute Gasteiger partial charge is 0.173 e. The van der Waals surface area contributed by atoms with Crippen molar-refractivity contribution in [2.45, 2.75) is 32.6 Å². The fourth-order valence-electron chi connectivity index (χ4n) is 2.69. The Bertz CT molecular complexity index is 366. The molecule has 0 aromatic carbocycles. The number of hydrogen-bond acceptors (Lipinski definition) is 4. The largest absolute Gasteiger partial charge is 0.316 e. The van der Waals surface area contributed by atoms with E-state index in [-0.39, 0.29) is 11.2 Å². The molecule has 1 fully saturated rings. The number of nitrogens with zero attached hydrogens (tertiary/aromatic N) is 2. The van der Waals surface area contributed by atoms with E-state index in [1.165, 1.54) is 6.33 Å². The molecule has 0 aliphatic carbocycles. The van der Waals surface area contributed by atoms with Crippen LogP contribution in [-0.2, 0) is 0 Å². The molecule has 0 spiro atoms. The van der Waals surface area contributed by atoms with Gasteiger partial charge in [0.2, 0.25) is 0 Å². The van der Waals surface area contributed by atoms with Crippen LogP contribution in [-0.4, -0.2) is 28.8 Å². The van der Waals surface area contributed by atoms with E-state index in [9.17, 15) is 4.79 Å². The lowest BCUT2D eigenvalue weighted by Gasteiger charge is -2.36. The highest BCUT2D eigenvalue weighted by atomic mass is 16.1. The van der Waals surface area contributed by atoms with Crippen molar-refractivity contribution in [3.8, 4) is 0 Å². The third kappa shape index (κ3) is 2.52. The molecule has 1 atom stereocenters. The van der Waals surface area contributed by atoms with Gasteiger partial charge in [-0.2, -0.15) is 0 Å². The summed E-state index contributed by atoms with van der Waals surface area (Å²) in [4.78, 5) is 20.5. The molecule has 4 nitrogen and oxygen atoms in total. The minimum atomic E-state index is -0.238. The van der Waals surface area contributed by atoms with Gasteiger partial charge in [0.05, 0.1) is 5.56 Å². The van der Waals surface area contributed by atoms with Crippen LogP contribution in [0.15, 0.2) is 18.7 Å². The highest BCUT2D eigenvalue weighted by Crippen LogP contribution is 2.34. The number of Topliss-reactive ketones (excluding diaryl/α,β-unsaturated/α-hetero) is 1. The van der Waals surface area contributed by atoms with Crippen molar-refractivity contribution >= 4 is 5.78 Å². The second-order valence-corrected chi connectivity index (χ2v) is 4.77. The monoisotopic (exact) mass is 233 g/mol. The number of nitrogens with one attached hydrogen (secondary N) is 1. The zero-order valence-corrected chi connectivity index (χ0v) is 10.3. The normalized spacial score (nSPS) is 24.5. The van der Waals surface area contributed by atoms with Crippen molar-refractivity contribution < 1.29 is 4.79 Å². The molecule has 0 amide bonds. The summed E-state index contributed by atoms with van der Waals surface area (Å²) in [6.07, 6.45) is 8.72. The first-order valence-electron chi connectivity index (χ1n) is 6.29. The van der Waals surface area contributed by atoms with Crippen LogP contribution in [0.2, 0.25) is 0 Å². The van der Waals surface area contributed by atoms with Crippen LogP contribution in [0.1, 0.15) is 43.0 Å². The molecule has 17 heavy (non-hydrogen) atoms. The summed E-state index contributed by atoms with van der Waals surface area (Å²) >= 11 is 0. The van der Waals surface area contributed by atoms with Gasteiger partial charge in [0.25, 0.3) is 0 Å². The summed E-state index contributed by atoms with van der Waals surface area (Å²) in [6, 6.07) is 0. The first-order chi connectivity index (χ1) is 8.28. The Morgan fingerprint density at radius 1 is 1.47 bits per heavy atom. The van der Waals surface area contributed by atoms with Crippen molar-refractivity contribution in [3.63, 3.8) is 0 Å². The maximum absolute atomic E-state index is 12.6. The lowest BCUT2D eigenvalue weighted by Crippen LogP contribution is -2.45. The van der Waals surface area contributed by atoms with Crippen molar-refractivity contribution in [3.05, 3.63) is 24.3 Å². The third-order valence-electron chi connectivity index (χ3n) is 3.51. The summed E-state index contributed by atoms with van der Waals surface area (Å²) in [5.74, 6) is 0.201. The second kappa shape index (κ2) is 5.36. The lowest BCUT2D eigenvalue weighted by atomic mass is 9.72. The van der Waals surface area contributed by atoms with Crippen molar-refractivity contribution in [2.75, 3.05) is 13.1 Å². The van der Waals surface area contributed by atoms with Crippen LogP contribution in [0.4, 0.5) is 0 Å². The van der Waals surface area contributed by atoms with Gasteiger partial charge >= 0.3 is 0 Å². The minimum absolute atomic E-state index is 0.201. The summed E-state index contributed by atoms with van der Waals surface area (Å²) in [7, 11) is 0. The van der Waals surface area contributed by atoms with Gasteiger partial charge in [0, 0.05) is 24.4 Å². The average Bonchev–Trinajstić information content (AvgIpc) is 2.40. The van der Waals surface area contributed by atoms with Crippen LogP contribution in [0.5, 0.6) is 0 Å². The molecule has 0 bridgehead atoms. The lowest BCUT2D eigenvalue weighted by molar-refractivity contribution is 0.0717. The molecule has 0 saturated carbocycles. The highest BCUT2D eigenvalue weighted by molar-refractivity contribution is 6.00. The fourth-order valence-corrected chi connectivity index (χ4v) is 2.69. The van der Waals surface area contributed by atoms with E-state index < -0.39 is 0 Å². The van der Waals surface area contributed by atoms with Gasteiger partial charge in [-0.25, -0.2) is 9.97 Å². The van der Waals surface area contributed by atoms with E-state index in [1.807, 2.05) is 0 Å². The van der Waals surface area contributed by atoms with Crippen LogP contribution < -0.4 is 5.32 Å². The minimum Gasteiger partial charge on any atom is -0.316 e. The third-order valence-corrected chi connectivity index (χ3v) is 3.51. The number of hydrogen-bond donors (Lipinski definition) is 1. The Hall–Kier alpha value is -1.29. The molecule has 2 rings (SSSR count). The fraction of sp³-hybridized carbons (Fsp3) is 0.615. The quantitative estimate of drug-likeness (QED) is 0.806. The maximum Gasteiger partial charge on any atom is 0.173 e. The number of carbonyl (C=O) groups excluding carboxylic acids is 1. The Kier molecular flexibility index (Phi) is 3.84. The Labute approximate surface area is 102 Å². The zero-order valence-electron chi connectivity index (χ0n) is 10.3. The topological polar surface area (TPSA) is 54.9 Å². The molecule has 1 aromatic heterocycles. The molecule has 0 radical (unpaired) electrons. The number of ketones is 1. The van der Waals surface area contributed by atoms with Gasteiger partial charge in [-0.1, -0.05) is 13.3 Å². The molecular formula is C13H19N3O. The van der Waals surface area contributed by atoms with E-state index in [0.717, 1.165) is 38.8 Å². The predicted molar refractivity (Wildman–Crippen MR) is 65.8 cm³/mol. The second-order valence-electron chi connectivity index (χ2n) is 4.77. The number of piperidine rings is 1. The van der Waals surface area contributed by atoms with Crippen LogP contribution >= 0.6 is 0 Å². The first-order valence-corrected chi connectivity index (χ1v) is 6.29. The summed E-state index contributed by atoms with van der Waals surface area (Å²) in [5, 5.41) is 3.35. The first kappa shape index (κ1) is 12.2. The number of rotatable bonds is 4. The van der Waals surface area contributed by atoms with Gasteiger partial charge in [-0.3, -0.25) is 4.79 Å². The highest BCUT2D eigenvalue weighted by Gasteiger charge is 2.39. The van der Waals surface area contributed by atoms with E-state index in [0.29, 0.717) is 5.56 Å². The van der Waals surface area contributed by atoms with Gasteiger partial charge in [-0.05, 0) is 25.8 Å². The molecule has 92 valence electrons. The van der Waals surface area contributed by atoms with Crippen molar-refractivity contribution in [1.29, 1.82) is 0 Å². The average molecular weight is 233 g/mol. The van der Waals surface area contributed by atoms with E-state index >= 15 is 0 Å². The molecule has 1 aliphatic heterocycles. The van der Waals surface area contributed by atoms with Gasteiger partial charge in [-0.15, -0.1) is 0 Å². The number of aromatic nitrogens is 2. The summed E-state index contributed by atoms with van der Waals surface area (Å²) < 4.78 is 0. The van der Waals surface area contributed by atoms with Gasteiger partial charge in [0.1, 0.15) is 6.33 Å². The van der Waals surface area contributed by atoms with Crippen LogP contribution in [0, 0.1) is 5.41 Å². The molecule has 2 heterocycles. The van der Waals surface area contributed by atoms with E-state index in [2.05, 4.69) is 22.2 Å². The van der Waals surface area contributed by atoms with Crippen molar-refractivity contribution in [2.24, 2.45) is 5.41 Å². The zero-order chi connectivity index (χ0) is 12.1. The van der Waals surface area contributed by atoms with Crippen LogP contribution in [0.25, 0.3) is 0 Å². The van der Waals surface area contributed by atoms with Gasteiger partial charge < -0.3 is 5.32 Å². The SMILES string of the molecule is CCCC1(C(=O)c2cncnc2)CCCNC1. The Morgan fingerprint density at radius 3 is 2.82 bits per heavy atom.